The topological polar surface area (TPSA) is 86.8 Å². The molecule has 0 bridgehead atoms. The van der Waals surface area contributed by atoms with E-state index in [2.05, 4.69) is 0 Å². The number of aliphatic carboxylic acids is 1. The van der Waals surface area contributed by atoms with E-state index in [9.17, 15) is 4.79 Å². The zero-order valence-corrected chi connectivity index (χ0v) is 8.42. The van der Waals surface area contributed by atoms with E-state index in [4.69, 9.17) is 16.1 Å². The molecule has 0 saturated heterocycles. The fourth-order valence-corrected chi connectivity index (χ4v) is 1.26. The number of nitrogens with zero attached hydrogens (tertiary/aromatic N) is 1. The van der Waals surface area contributed by atoms with Gasteiger partial charge in [-0.25, -0.2) is 5.01 Å². The molecule has 4 N–H and O–H groups in total. The second kappa shape index (κ2) is 4.77. The quantitative estimate of drug-likeness (QED) is 0.488. The van der Waals surface area contributed by atoms with Gasteiger partial charge in [-0.05, 0) is 24.1 Å². The largest absolute Gasteiger partial charge is 0.508 e. The normalized spacial score (nSPS) is 12.7. The average molecular weight is 210 g/mol. The Morgan fingerprint density at radius 1 is 1.47 bits per heavy atom. The Kier molecular flexibility index (Phi) is 3.65. The van der Waals surface area contributed by atoms with Gasteiger partial charge in [0.25, 0.3) is 0 Å². The summed E-state index contributed by atoms with van der Waals surface area (Å²) < 4.78 is 0. The van der Waals surface area contributed by atoms with Crippen LogP contribution in [0.1, 0.15) is 5.56 Å². The van der Waals surface area contributed by atoms with Crippen LogP contribution in [0, 0.1) is 0 Å². The van der Waals surface area contributed by atoms with Gasteiger partial charge in [0, 0.05) is 7.05 Å². The molecule has 82 valence electrons. The van der Waals surface area contributed by atoms with Crippen LogP contribution in [0.4, 0.5) is 0 Å². The number of carbonyl (C=O) groups is 1. The van der Waals surface area contributed by atoms with Crippen LogP contribution in [0.5, 0.6) is 5.75 Å². The van der Waals surface area contributed by atoms with Gasteiger partial charge in [0.15, 0.2) is 0 Å². The van der Waals surface area contributed by atoms with E-state index in [0.717, 1.165) is 10.6 Å². The first-order valence-electron chi connectivity index (χ1n) is 4.49. The highest BCUT2D eigenvalue weighted by Crippen LogP contribution is 2.12. The highest BCUT2D eigenvalue weighted by atomic mass is 16.4. The lowest BCUT2D eigenvalue weighted by Crippen LogP contribution is -2.44. The molecule has 0 aliphatic carbocycles. The van der Waals surface area contributed by atoms with Crippen molar-refractivity contribution >= 4 is 5.97 Å². The first kappa shape index (κ1) is 11.5. The lowest BCUT2D eigenvalue weighted by atomic mass is 10.1. The van der Waals surface area contributed by atoms with Crippen molar-refractivity contribution in [1.29, 1.82) is 0 Å². The molecule has 0 aromatic heterocycles. The molecule has 15 heavy (non-hydrogen) atoms. The highest BCUT2D eigenvalue weighted by Gasteiger charge is 2.20. The number of likely N-dealkylation sites (N-methyl/N-ethyl adjacent to an activating group) is 1. The third kappa shape index (κ3) is 3.23. The second-order valence-corrected chi connectivity index (χ2v) is 3.39. The predicted octanol–water partition coefficient (Wildman–Crippen LogP) is 0.193. The van der Waals surface area contributed by atoms with E-state index in [0.29, 0.717) is 6.42 Å². The molecule has 5 heteroatoms. The molecule has 1 aromatic carbocycles. The number of hydrazine groups is 1. The average Bonchev–Trinajstić information content (AvgIpc) is 2.15. The first-order chi connectivity index (χ1) is 7.00. The van der Waals surface area contributed by atoms with Crippen molar-refractivity contribution in [3.05, 3.63) is 29.8 Å². The molecular formula is C10H14N2O3. The third-order valence-corrected chi connectivity index (χ3v) is 2.14. The minimum absolute atomic E-state index is 0.159. The smallest absolute Gasteiger partial charge is 0.322 e. The lowest BCUT2D eigenvalue weighted by molar-refractivity contribution is -0.142. The van der Waals surface area contributed by atoms with Crippen LogP contribution in [0.3, 0.4) is 0 Å². The van der Waals surface area contributed by atoms with E-state index >= 15 is 0 Å². The summed E-state index contributed by atoms with van der Waals surface area (Å²) in [5.41, 5.74) is 0.817. The number of rotatable bonds is 4. The number of carboxylic acids is 1. The molecule has 0 fully saturated rings. The molecule has 0 aliphatic rings. The second-order valence-electron chi connectivity index (χ2n) is 3.39. The van der Waals surface area contributed by atoms with Crippen molar-refractivity contribution in [2.24, 2.45) is 5.84 Å². The zero-order valence-electron chi connectivity index (χ0n) is 8.42. The molecule has 0 aliphatic heterocycles. The molecule has 1 aromatic rings. The summed E-state index contributed by atoms with van der Waals surface area (Å²) in [4.78, 5) is 10.8. The molecule has 1 rings (SSSR count). The fourth-order valence-electron chi connectivity index (χ4n) is 1.26. The maximum absolute atomic E-state index is 10.8. The standard InChI is InChI=1S/C10H14N2O3/c1-12(11)9(10(14)15)6-7-2-4-8(13)5-3-7/h2-5,9,13H,6,11H2,1H3,(H,14,15)/t9-/m0/s1. The molecular weight excluding hydrogens is 196 g/mol. The molecule has 0 spiro atoms. The molecule has 0 amide bonds. The molecule has 1 atom stereocenters. The highest BCUT2D eigenvalue weighted by molar-refractivity contribution is 5.73. The number of hydrogen-bond acceptors (Lipinski definition) is 4. The van der Waals surface area contributed by atoms with Gasteiger partial charge in [0.2, 0.25) is 0 Å². The van der Waals surface area contributed by atoms with Crippen LogP contribution in [0.15, 0.2) is 24.3 Å². The number of hydrogen-bond donors (Lipinski definition) is 3. The number of carboxylic acid groups (broad SMARTS) is 1. The van der Waals surface area contributed by atoms with Crippen LogP contribution >= 0.6 is 0 Å². The van der Waals surface area contributed by atoms with Crippen molar-refractivity contribution < 1.29 is 15.0 Å². The van der Waals surface area contributed by atoms with Crippen LogP contribution in [-0.2, 0) is 11.2 Å². The summed E-state index contributed by atoms with van der Waals surface area (Å²) in [6.07, 6.45) is 0.308. The summed E-state index contributed by atoms with van der Waals surface area (Å²) in [6, 6.07) is 5.63. The summed E-state index contributed by atoms with van der Waals surface area (Å²) in [5, 5.41) is 19.1. The molecule has 0 heterocycles. The van der Waals surface area contributed by atoms with E-state index in [1.807, 2.05) is 0 Å². The Labute approximate surface area is 87.7 Å². The van der Waals surface area contributed by atoms with Gasteiger partial charge in [0.1, 0.15) is 11.8 Å². The Morgan fingerprint density at radius 3 is 2.40 bits per heavy atom. The third-order valence-electron chi connectivity index (χ3n) is 2.14. The van der Waals surface area contributed by atoms with Gasteiger partial charge in [-0.1, -0.05) is 12.1 Å². The SMILES string of the molecule is CN(N)[C@@H](Cc1ccc(O)cc1)C(=O)O. The number of nitrogens with two attached hydrogens (primary N) is 1. The van der Waals surface area contributed by atoms with E-state index in [1.54, 1.807) is 12.1 Å². The summed E-state index contributed by atoms with van der Waals surface area (Å²) in [5.74, 6) is 4.61. The monoisotopic (exact) mass is 210 g/mol. The van der Waals surface area contributed by atoms with Crippen molar-refractivity contribution in [2.75, 3.05) is 7.05 Å². The molecule has 0 radical (unpaired) electrons. The maximum Gasteiger partial charge on any atom is 0.322 e. The van der Waals surface area contributed by atoms with E-state index in [-0.39, 0.29) is 5.75 Å². The molecule has 0 saturated carbocycles. The Bertz CT molecular complexity index is 335. The number of aromatic hydroxyl groups is 1. The van der Waals surface area contributed by atoms with Gasteiger partial charge in [0.05, 0.1) is 0 Å². The summed E-state index contributed by atoms with van der Waals surface area (Å²) in [6.45, 7) is 0. The fraction of sp³-hybridized carbons (Fsp3) is 0.300. The summed E-state index contributed by atoms with van der Waals surface area (Å²) in [7, 11) is 1.51. The van der Waals surface area contributed by atoms with Crippen molar-refractivity contribution in [3.63, 3.8) is 0 Å². The van der Waals surface area contributed by atoms with Crippen LogP contribution in [-0.4, -0.2) is 34.3 Å². The summed E-state index contributed by atoms with van der Waals surface area (Å²) >= 11 is 0. The zero-order chi connectivity index (χ0) is 11.4. The first-order valence-corrected chi connectivity index (χ1v) is 4.49. The van der Waals surface area contributed by atoms with Crippen LogP contribution < -0.4 is 5.84 Å². The van der Waals surface area contributed by atoms with Crippen molar-refractivity contribution in [2.45, 2.75) is 12.5 Å². The van der Waals surface area contributed by atoms with Gasteiger partial charge < -0.3 is 10.2 Å². The minimum atomic E-state index is -0.965. The van der Waals surface area contributed by atoms with Gasteiger partial charge >= 0.3 is 5.97 Å². The molecule has 0 unspecified atom stereocenters. The van der Waals surface area contributed by atoms with E-state index < -0.39 is 12.0 Å². The Balaban J connectivity index is 2.74. The van der Waals surface area contributed by atoms with Crippen molar-refractivity contribution in [3.8, 4) is 5.75 Å². The lowest BCUT2D eigenvalue weighted by Gasteiger charge is -2.19. The van der Waals surface area contributed by atoms with Gasteiger partial charge in [-0.15, -0.1) is 0 Å². The van der Waals surface area contributed by atoms with Gasteiger partial charge in [-0.2, -0.15) is 0 Å². The van der Waals surface area contributed by atoms with Crippen LogP contribution in [0.25, 0.3) is 0 Å². The van der Waals surface area contributed by atoms with Gasteiger partial charge in [-0.3, -0.25) is 10.6 Å². The maximum atomic E-state index is 10.8. The molecule has 5 nitrogen and oxygen atoms in total. The number of phenols is 1. The Hall–Kier alpha value is -1.59. The minimum Gasteiger partial charge on any atom is -0.508 e. The van der Waals surface area contributed by atoms with E-state index in [1.165, 1.54) is 19.2 Å². The Morgan fingerprint density at radius 2 is 2.00 bits per heavy atom. The number of phenolic OH excluding ortho intramolecular Hbond substituents is 1. The van der Waals surface area contributed by atoms with Crippen molar-refractivity contribution in [1.82, 2.24) is 5.01 Å². The predicted molar refractivity (Wildman–Crippen MR) is 55.2 cm³/mol. The number of benzene rings is 1. The van der Waals surface area contributed by atoms with Crippen LogP contribution in [0.2, 0.25) is 0 Å².